The molecule has 0 bridgehead atoms. The van der Waals surface area contributed by atoms with E-state index in [4.69, 9.17) is 0 Å². The number of hydrogen-bond acceptors (Lipinski definition) is 6. The van der Waals surface area contributed by atoms with Crippen molar-refractivity contribution in [1.29, 1.82) is 0 Å². The number of carbonyl (C=O) groups is 1. The summed E-state index contributed by atoms with van der Waals surface area (Å²) in [5.41, 5.74) is 4.45. The number of nitrogens with one attached hydrogen (secondary N) is 2. The van der Waals surface area contributed by atoms with E-state index in [2.05, 4.69) is 27.7 Å². The van der Waals surface area contributed by atoms with Crippen LogP contribution in [-0.2, 0) is 24.1 Å². The summed E-state index contributed by atoms with van der Waals surface area (Å²) in [7, 11) is 4.09. The number of aliphatic hydroxyl groups excluding tert-OH is 1. The third-order valence-electron chi connectivity index (χ3n) is 6.38. The van der Waals surface area contributed by atoms with E-state index in [0.29, 0.717) is 24.5 Å². The number of nitrogens with zero attached hydrogens (tertiary/aromatic N) is 1. The van der Waals surface area contributed by atoms with E-state index < -0.39 is 6.10 Å². The molecule has 6 nitrogen and oxygen atoms in total. The van der Waals surface area contributed by atoms with E-state index in [0.717, 1.165) is 24.8 Å². The molecule has 0 saturated carbocycles. The molecule has 2 aromatic carbocycles. The average Bonchev–Trinajstić information content (AvgIpc) is 3.12. The van der Waals surface area contributed by atoms with Crippen LogP contribution in [-0.4, -0.2) is 59.7 Å². The zero-order valence-corrected chi connectivity index (χ0v) is 17.5. The molecule has 30 heavy (non-hydrogen) atoms. The van der Waals surface area contributed by atoms with Crippen LogP contribution in [0.4, 0.5) is 0 Å². The molecule has 0 aromatic heterocycles. The number of Topliss-reactive ketones (excluding diaryl/α,β-unsaturated/α-hetero) is 1. The van der Waals surface area contributed by atoms with Crippen LogP contribution in [0.5, 0.6) is 5.75 Å². The van der Waals surface area contributed by atoms with Crippen molar-refractivity contribution in [2.24, 2.45) is 0 Å². The second-order valence-corrected chi connectivity index (χ2v) is 8.50. The molecule has 0 heterocycles. The fraction of sp³-hybridized carbons (Fsp3) is 0.375. The molecule has 2 unspecified atom stereocenters. The lowest BCUT2D eigenvalue weighted by atomic mass is 9.90. The maximum Gasteiger partial charge on any atom is 0.215 e. The number of hydrogen-bond donors (Lipinski definition) is 4. The highest BCUT2D eigenvalue weighted by molar-refractivity contribution is 6.07. The normalized spacial score (nSPS) is 22.8. The second-order valence-electron chi connectivity index (χ2n) is 8.50. The molecule has 2 atom stereocenters. The number of aromatic hydroxyl groups is 1. The van der Waals surface area contributed by atoms with Crippen molar-refractivity contribution in [3.8, 4) is 5.75 Å². The Morgan fingerprint density at radius 3 is 2.53 bits per heavy atom. The minimum atomic E-state index is -1.09. The molecule has 0 aliphatic heterocycles. The van der Waals surface area contributed by atoms with Crippen molar-refractivity contribution < 1.29 is 15.0 Å². The first-order chi connectivity index (χ1) is 14.4. The monoisotopic (exact) mass is 407 g/mol. The van der Waals surface area contributed by atoms with Crippen molar-refractivity contribution in [2.45, 2.75) is 30.9 Å². The molecule has 0 saturated heterocycles. The summed E-state index contributed by atoms with van der Waals surface area (Å²) in [4.78, 5) is 14.4. The quantitative estimate of drug-likeness (QED) is 0.529. The average molecular weight is 408 g/mol. The van der Waals surface area contributed by atoms with E-state index in [-0.39, 0.29) is 17.1 Å². The van der Waals surface area contributed by atoms with Gasteiger partial charge in [0.15, 0.2) is 6.10 Å². The van der Waals surface area contributed by atoms with Crippen LogP contribution in [0.25, 0.3) is 0 Å². The fourth-order valence-electron chi connectivity index (χ4n) is 4.38. The van der Waals surface area contributed by atoms with Gasteiger partial charge in [0, 0.05) is 18.6 Å². The van der Waals surface area contributed by atoms with Crippen molar-refractivity contribution >= 4 is 5.78 Å². The van der Waals surface area contributed by atoms with Gasteiger partial charge in [-0.3, -0.25) is 4.79 Å². The van der Waals surface area contributed by atoms with Gasteiger partial charge in [0.25, 0.3) is 0 Å². The number of ketones is 1. The molecule has 2 aromatic rings. The van der Waals surface area contributed by atoms with Crippen LogP contribution < -0.4 is 10.6 Å². The summed E-state index contributed by atoms with van der Waals surface area (Å²) in [6.45, 7) is 1.23. The highest BCUT2D eigenvalue weighted by atomic mass is 16.3. The number of rotatable bonds is 8. The Bertz CT molecular complexity index is 971. The zero-order valence-electron chi connectivity index (χ0n) is 17.5. The zero-order chi connectivity index (χ0) is 21.3. The van der Waals surface area contributed by atoms with Gasteiger partial charge in [0.1, 0.15) is 11.4 Å². The highest BCUT2D eigenvalue weighted by Gasteiger charge is 2.43. The predicted octanol–water partition coefficient (Wildman–Crippen LogP) is 1.37. The molecule has 2 aliphatic rings. The molecule has 2 aliphatic carbocycles. The molecule has 0 radical (unpaired) electrons. The molecule has 4 rings (SSSR count). The van der Waals surface area contributed by atoms with Gasteiger partial charge >= 0.3 is 0 Å². The maximum atomic E-state index is 12.2. The lowest BCUT2D eigenvalue weighted by molar-refractivity contribution is -0.125. The van der Waals surface area contributed by atoms with Crippen LogP contribution >= 0.6 is 0 Å². The van der Waals surface area contributed by atoms with Gasteiger partial charge < -0.3 is 25.7 Å². The molecule has 0 fully saturated rings. The van der Waals surface area contributed by atoms with Gasteiger partial charge in [-0.2, -0.15) is 0 Å². The Hall–Kier alpha value is -2.83. The number of benzene rings is 2. The first-order valence-electron chi connectivity index (χ1n) is 10.4. The van der Waals surface area contributed by atoms with Crippen LogP contribution in [0.2, 0.25) is 0 Å². The summed E-state index contributed by atoms with van der Waals surface area (Å²) in [6.07, 6.45) is 1.36. The van der Waals surface area contributed by atoms with Gasteiger partial charge in [-0.15, -0.1) is 0 Å². The predicted molar refractivity (Wildman–Crippen MR) is 116 cm³/mol. The lowest BCUT2D eigenvalue weighted by Gasteiger charge is -2.39. The van der Waals surface area contributed by atoms with E-state index in [1.807, 2.05) is 44.4 Å². The maximum absolute atomic E-state index is 12.2. The summed E-state index contributed by atoms with van der Waals surface area (Å²) in [5, 5.41) is 26.6. The van der Waals surface area contributed by atoms with E-state index in [1.165, 1.54) is 11.1 Å². The van der Waals surface area contributed by atoms with E-state index in [1.54, 1.807) is 6.07 Å². The van der Waals surface area contributed by atoms with Crippen LogP contribution in [0, 0.1) is 0 Å². The van der Waals surface area contributed by atoms with Gasteiger partial charge in [-0.25, -0.2) is 0 Å². The number of phenolic OH excluding ortho intramolecular Hbond substituents is 1. The first kappa shape index (κ1) is 20.4. The number of likely N-dealkylation sites (N-methyl/N-ethyl adjacent to an activating group) is 1. The summed E-state index contributed by atoms with van der Waals surface area (Å²) in [6, 6.07) is 15.6. The van der Waals surface area contributed by atoms with Gasteiger partial charge in [-0.05, 0) is 62.2 Å². The summed E-state index contributed by atoms with van der Waals surface area (Å²) >= 11 is 0. The fourth-order valence-corrected chi connectivity index (χ4v) is 4.38. The Labute approximate surface area is 177 Å². The Morgan fingerprint density at radius 2 is 1.80 bits per heavy atom. The summed E-state index contributed by atoms with van der Waals surface area (Å²) in [5.74, 6) is 0.0213. The molecule has 0 spiro atoms. The van der Waals surface area contributed by atoms with Gasteiger partial charge in [0.05, 0.1) is 5.70 Å². The molecule has 4 N–H and O–H groups in total. The van der Waals surface area contributed by atoms with Crippen molar-refractivity contribution in [3.63, 3.8) is 0 Å². The van der Waals surface area contributed by atoms with Crippen LogP contribution in [0.15, 0.2) is 59.9 Å². The minimum absolute atomic E-state index is 0.184. The first-order valence-corrected chi connectivity index (χ1v) is 10.4. The minimum Gasteiger partial charge on any atom is -0.508 e. The summed E-state index contributed by atoms with van der Waals surface area (Å²) < 4.78 is 0. The van der Waals surface area contributed by atoms with Crippen LogP contribution in [0.1, 0.15) is 16.7 Å². The van der Waals surface area contributed by atoms with E-state index >= 15 is 0 Å². The van der Waals surface area contributed by atoms with E-state index in [9.17, 15) is 15.0 Å². The third kappa shape index (κ3) is 3.80. The topological polar surface area (TPSA) is 84.8 Å². The van der Waals surface area contributed by atoms with Gasteiger partial charge in [0.2, 0.25) is 5.78 Å². The number of aliphatic hydroxyl groups is 1. The molecular weight excluding hydrogens is 378 g/mol. The Balaban J connectivity index is 1.43. The van der Waals surface area contributed by atoms with Crippen molar-refractivity contribution in [3.05, 3.63) is 76.6 Å². The van der Waals surface area contributed by atoms with Crippen molar-refractivity contribution in [1.82, 2.24) is 15.5 Å². The molecular formula is C24H29N3O3. The molecule has 0 amide bonds. The highest BCUT2D eigenvalue weighted by Crippen LogP contribution is 2.35. The lowest BCUT2D eigenvalue weighted by Crippen LogP contribution is -2.56. The second kappa shape index (κ2) is 8.13. The molecule has 6 heteroatoms. The number of phenols is 1. The Kier molecular flexibility index (Phi) is 5.54. The third-order valence-corrected chi connectivity index (χ3v) is 6.38. The standard InChI is InChI=1S/C24H29N3O3/c1-27(2)24(13-17-8-9-19(28)12-18(17)14-24)15-26-21-20(22(29)23(21)30)25-11-10-16-6-4-3-5-7-16/h3-9,12,23,25-26,28,30H,10-11,13-15H2,1-2H3. The number of carbonyl (C=O) groups excluding carboxylic acids is 1. The largest absolute Gasteiger partial charge is 0.508 e. The number of fused-ring (bicyclic) bond motifs is 1. The SMILES string of the molecule is CN(C)C1(CNC2=C(NCCc3ccccc3)C(=O)C2O)Cc2ccc(O)cc2C1. The van der Waals surface area contributed by atoms with Crippen molar-refractivity contribution in [2.75, 3.05) is 27.2 Å². The van der Waals surface area contributed by atoms with Crippen LogP contribution in [0.3, 0.4) is 0 Å². The Morgan fingerprint density at radius 1 is 1.07 bits per heavy atom. The smallest absolute Gasteiger partial charge is 0.215 e. The molecule has 158 valence electrons. The van der Waals surface area contributed by atoms with Gasteiger partial charge in [-0.1, -0.05) is 36.4 Å².